The molecule has 0 radical (unpaired) electrons. The lowest BCUT2D eigenvalue weighted by molar-refractivity contribution is 0.416. The summed E-state index contributed by atoms with van der Waals surface area (Å²) in [5.41, 5.74) is 8.77. The molecule has 9 heteroatoms. The maximum atomic E-state index is 13.5. The Bertz CT molecular complexity index is 1170. The standard InChI is InChI=1S/C21H23N5O3S/c1-14-9-11-17(12-10-14)30(27,28)26(18-7-5-6-8-19(18)29-4)20(22)25-21-23-15(2)13-16(3)24-21/h5-13H,1-4H3,(H2,22,23,24,25). The van der Waals surface area contributed by atoms with Gasteiger partial charge in [0.15, 0.2) is 0 Å². The first kappa shape index (κ1) is 21.3. The van der Waals surface area contributed by atoms with Gasteiger partial charge in [0.05, 0.1) is 12.0 Å². The van der Waals surface area contributed by atoms with Gasteiger partial charge in [0.2, 0.25) is 5.96 Å². The number of nitrogens with two attached hydrogens (primary N) is 1. The molecule has 3 aromatic rings. The number of para-hydroxylation sites is 2. The highest BCUT2D eigenvalue weighted by Gasteiger charge is 2.30. The number of aromatic nitrogens is 2. The van der Waals surface area contributed by atoms with Crippen LogP contribution in [0.4, 0.5) is 11.6 Å². The van der Waals surface area contributed by atoms with Crippen LogP contribution in [0.25, 0.3) is 0 Å². The summed E-state index contributed by atoms with van der Waals surface area (Å²) < 4.78 is 33.4. The van der Waals surface area contributed by atoms with Crippen molar-refractivity contribution in [1.82, 2.24) is 9.97 Å². The fourth-order valence-electron chi connectivity index (χ4n) is 2.89. The van der Waals surface area contributed by atoms with E-state index < -0.39 is 10.0 Å². The number of nitrogens with zero attached hydrogens (tertiary/aromatic N) is 4. The lowest BCUT2D eigenvalue weighted by Crippen LogP contribution is -2.42. The Labute approximate surface area is 176 Å². The molecule has 0 bridgehead atoms. The minimum atomic E-state index is -4.10. The molecule has 0 atom stereocenters. The van der Waals surface area contributed by atoms with Crippen molar-refractivity contribution in [2.45, 2.75) is 25.7 Å². The van der Waals surface area contributed by atoms with E-state index >= 15 is 0 Å². The number of guanidine groups is 1. The van der Waals surface area contributed by atoms with E-state index in [1.807, 2.05) is 6.92 Å². The van der Waals surface area contributed by atoms with Gasteiger partial charge in [-0.05, 0) is 51.1 Å². The van der Waals surface area contributed by atoms with Gasteiger partial charge in [-0.25, -0.2) is 18.4 Å². The quantitative estimate of drug-likeness (QED) is 0.496. The number of anilines is 1. The molecule has 1 heterocycles. The van der Waals surface area contributed by atoms with Gasteiger partial charge in [0.25, 0.3) is 16.0 Å². The Morgan fingerprint density at radius 2 is 1.60 bits per heavy atom. The second-order valence-corrected chi connectivity index (χ2v) is 8.46. The third kappa shape index (κ3) is 4.41. The van der Waals surface area contributed by atoms with E-state index in [9.17, 15) is 8.42 Å². The van der Waals surface area contributed by atoms with Gasteiger partial charge < -0.3 is 10.5 Å². The van der Waals surface area contributed by atoms with Gasteiger partial charge in [-0.2, -0.15) is 9.30 Å². The Morgan fingerprint density at radius 3 is 2.20 bits per heavy atom. The molecule has 0 aliphatic rings. The molecule has 0 aliphatic carbocycles. The summed E-state index contributed by atoms with van der Waals surface area (Å²) in [6.07, 6.45) is 0. The highest BCUT2D eigenvalue weighted by atomic mass is 32.2. The van der Waals surface area contributed by atoms with Crippen molar-refractivity contribution < 1.29 is 13.2 Å². The van der Waals surface area contributed by atoms with Crippen LogP contribution in [-0.4, -0.2) is 31.5 Å². The molecule has 0 saturated carbocycles. The SMILES string of the molecule is COc1ccccc1N(C(N)=Nc1nc(C)cc(C)n1)S(=O)(=O)c1ccc(C)cc1. The number of hydrogen-bond donors (Lipinski definition) is 1. The molecule has 2 N–H and O–H groups in total. The zero-order valence-corrected chi connectivity index (χ0v) is 18.0. The smallest absolute Gasteiger partial charge is 0.271 e. The van der Waals surface area contributed by atoms with Crippen molar-refractivity contribution in [2.75, 3.05) is 11.4 Å². The molecule has 0 aliphatic heterocycles. The van der Waals surface area contributed by atoms with Crippen LogP contribution in [0.5, 0.6) is 5.75 Å². The average molecular weight is 426 g/mol. The molecule has 0 saturated heterocycles. The zero-order chi connectivity index (χ0) is 21.9. The topological polar surface area (TPSA) is 111 Å². The lowest BCUT2D eigenvalue weighted by Gasteiger charge is -2.24. The summed E-state index contributed by atoms with van der Waals surface area (Å²) in [4.78, 5) is 12.7. The largest absolute Gasteiger partial charge is 0.495 e. The minimum Gasteiger partial charge on any atom is -0.495 e. The predicted octanol–water partition coefficient (Wildman–Crippen LogP) is 3.25. The van der Waals surface area contributed by atoms with Crippen molar-refractivity contribution in [2.24, 2.45) is 10.7 Å². The normalized spacial score (nSPS) is 11.9. The summed E-state index contributed by atoms with van der Waals surface area (Å²) in [7, 11) is -2.65. The van der Waals surface area contributed by atoms with Gasteiger partial charge >= 0.3 is 0 Å². The first-order chi connectivity index (χ1) is 14.2. The number of aryl methyl sites for hydroxylation is 3. The van der Waals surface area contributed by atoms with E-state index in [1.165, 1.54) is 19.2 Å². The Kier molecular flexibility index (Phi) is 6.02. The maximum Gasteiger partial charge on any atom is 0.271 e. The van der Waals surface area contributed by atoms with Crippen LogP contribution in [-0.2, 0) is 10.0 Å². The summed E-state index contributed by atoms with van der Waals surface area (Å²) in [5, 5.41) is 0. The number of methoxy groups -OCH3 is 1. The molecule has 0 unspecified atom stereocenters. The number of benzene rings is 2. The van der Waals surface area contributed by atoms with Crippen molar-refractivity contribution in [3.05, 3.63) is 71.5 Å². The Hall–Kier alpha value is -3.46. The van der Waals surface area contributed by atoms with Crippen LogP contribution >= 0.6 is 0 Å². The number of hydrogen-bond acceptors (Lipinski definition) is 6. The molecule has 30 heavy (non-hydrogen) atoms. The third-order valence-electron chi connectivity index (χ3n) is 4.26. The summed E-state index contributed by atoms with van der Waals surface area (Å²) in [6.45, 7) is 5.47. The molecule has 8 nitrogen and oxygen atoms in total. The first-order valence-electron chi connectivity index (χ1n) is 9.14. The van der Waals surface area contributed by atoms with Gasteiger partial charge in [0, 0.05) is 11.4 Å². The molecular formula is C21H23N5O3S. The third-order valence-corrected chi connectivity index (χ3v) is 5.99. The first-order valence-corrected chi connectivity index (χ1v) is 10.6. The highest BCUT2D eigenvalue weighted by Crippen LogP contribution is 2.32. The van der Waals surface area contributed by atoms with Gasteiger partial charge in [-0.15, -0.1) is 0 Å². The monoisotopic (exact) mass is 425 g/mol. The molecule has 0 spiro atoms. The predicted molar refractivity (Wildman–Crippen MR) is 117 cm³/mol. The number of aliphatic imine (C=N–C) groups is 1. The summed E-state index contributed by atoms with van der Waals surface area (Å²) in [5.74, 6) is 0.0988. The van der Waals surface area contributed by atoms with Crippen LogP contribution in [0.1, 0.15) is 17.0 Å². The van der Waals surface area contributed by atoms with E-state index in [2.05, 4.69) is 15.0 Å². The van der Waals surface area contributed by atoms with E-state index in [-0.39, 0.29) is 22.5 Å². The highest BCUT2D eigenvalue weighted by molar-refractivity contribution is 7.93. The molecule has 3 rings (SSSR count). The van der Waals surface area contributed by atoms with Crippen molar-refractivity contribution in [1.29, 1.82) is 0 Å². The summed E-state index contributed by atoms with van der Waals surface area (Å²) >= 11 is 0. The fourth-order valence-corrected chi connectivity index (χ4v) is 4.28. The van der Waals surface area contributed by atoms with Crippen LogP contribution < -0.4 is 14.8 Å². The molecule has 156 valence electrons. The zero-order valence-electron chi connectivity index (χ0n) is 17.2. The van der Waals surface area contributed by atoms with E-state index in [0.29, 0.717) is 17.1 Å². The van der Waals surface area contributed by atoms with Crippen molar-refractivity contribution in [3.8, 4) is 5.75 Å². The Morgan fingerprint density at radius 1 is 1.00 bits per heavy atom. The van der Waals surface area contributed by atoms with Crippen LogP contribution in [0.15, 0.2) is 64.5 Å². The lowest BCUT2D eigenvalue weighted by atomic mass is 10.2. The number of ether oxygens (including phenoxy) is 1. The van der Waals surface area contributed by atoms with Gasteiger partial charge in [0.1, 0.15) is 11.4 Å². The van der Waals surface area contributed by atoms with Gasteiger partial charge in [-0.1, -0.05) is 29.8 Å². The van der Waals surface area contributed by atoms with Gasteiger partial charge in [-0.3, -0.25) is 0 Å². The van der Waals surface area contributed by atoms with E-state index in [0.717, 1.165) is 9.87 Å². The van der Waals surface area contributed by atoms with Crippen molar-refractivity contribution >= 4 is 27.6 Å². The molecule has 0 fully saturated rings. The summed E-state index contributed by atoms with van der Waals surface area (Å²) in [6, 6.07) is 14.9. The second-order valence-electron chi connectivity index (χ2n) is 6.68. The fraction of sp³-hybridized carbons (Fsp3) is 0.190. The van der Waals surface area contributed by atoms with E-state index in [1.54, 1.807) is 56.3 Å². The van der Waals surface area contributed by atoms with E-state index in [4.69, 9.17) is 10.5 Å². The van der Waals surface area contributed by atoms with Crippen LogP contribution in [0.2, 0.25) is 0 Å². The molecule has 1 aromatic heterocycles. The van der Waals surface area contributed by atoms with Crippen molar-refractivity contribution in [3.63, 3.8) is 0 Å². The molecule has 2 aromatic carbocycles. The Balaban J connectivity index is 2.21. The molecular weight excluding hydrogens is 402 g/mol. The number of sulfonamides is 1. The number of rotatable bonds is 5. The maximum absolute atomic E-state index is 13.5. The molecule has 0 amide bonds. The average Bonchev–Trinajstić information content (AvgIpc) is 2.68. The minimum absolute atomic E-state index is 0.0681. The van der Waals surface area contributed by atoms with Crippen LogP contribution in [0, 0.1) is 20.8 Å². The van der Waals surface area contributed by atoms with Crippen LogP contribution in [0.3, 0.4) is 0 Å². The second kappa shape index (κ2) is 8.50.